The van der Waals surface area contributed by atoms with E-state index in [2.05, 4.69) is 10.4 Å². The van der Waals surface area contributed by atoms with Gasteiger partial charge in [-0.2, -0.15) is 5.10 Å². The summed E-state index contributed by atoms with van der Waals surface area (Å²) in [6.07, 6.45) is 2.48. The Morgan fingerprint density at radius 2 is 2.12 bits per heavy atom. The van der Waals surface area contributed by atoms with E-state index >= 15 is 0 Å². The number of nitrogens with zero attached hydrogens (tertiary/aromatic N) is 2. The molecule has 0 radical (unpaired) electrons. The van der Waals surface area contributed by atoms with Crippen molar-refractivity contribution in [2.45, 2.75) is 43.9 Å². The van der Waals surface area contributed by atoms with Crippen molar-refractivity contribution in [3.8, 4) is 10.6 Å². The highest BCUT2D eigenvalue weighted by Gasteiger charge is 2.49. The molecule has 2 saturated carbocycles. The first kappa shape index (κ1) is 17.0. The summed E-state index contributed by atoms with van der Waals surface area (Å²) in [5.74, 6) is -2.86. The zero-order valence-corrected chi connectivity index (χ0v) is 15.3. The summed E-state index contributed by atoms with van der Waals surface area (Å²) >= 11 is 7.54. The van der Waals surface area contributed by atoms with Gasteiger partial charge in [-0.05, 0) is 30.9 Å². The van der Waals surface area contributed by atoms with Gasteiger partial charge in [-0.25, -0.2) is 8.78 Å². The lowest BCUT2D eigenvalue weighted by atomic mass is 9.79. The second-order valence-corrected chi connectivity index (χ2v) is 8.63. The predicted octanol–water partition coefficient (Wildman–Crippen LogP) is 5.05. The number of hydrogen-bond donors (Lipinski definition) is 1. The average molecular weight is 386 g/mol. The first-order valence-electron chi connectivity index (χ1n) is 8.35. The minimum atomic E-state index is -2.71. The molecule has 2 aromatic rings. The quantitative estimate of drug-likeness (QED) is 0.800. The van der Waals surface area contributed by atoms with Crippen LogP contribution in [0.15, 0.2) is 12.1 Å². The van der Waals surface area contributed by atoms with E-state index in [0.29, 0.717) is 16.1 Å². The van der Waals surface area contributed by atoms with E-state index in [1.165, 1.54) is 11.3 Å². The summed E-state index contributed by atoms with van der Waals surface area (Å²) < 4.78 is 28.5. The van der Waals surface area contributed by atoms with Crippen molar-refractivity contribution in [3.63, 3.8) is 0 Å². The molecule has 0 saturated heterocycles. The molecule has 0 atom stereocenters. The molecule has 2 heterocycles. The molecule has 0 bridgehead atoms. The van der Waals surface area contributed by atoms with E-state index in [9.17, 15) is 13.6 Å². The van der Waals surface area contributed by atoms with Gasteiger partial charge in [-0.3, -0.25) is 9.48 Å². The van der Waals surface area contributed by atoms with Gasteiger partial charge in [-0.1, -0.05) is 18.0 Å². The lowest BCUT2D eigenvalue weighted by molar-refractivity contribution is -0.145. The first-order valence-corrected chi connectivity index (χ1v) is 9.55. The van der Waals surface area contributed by atoms with Gasteiger partial charge in [0.25, 0.3) is 0 Å². The van der Waals surface area contributed by atoms with Gasteiger partial charge in [0.15, 0.2) is 5.82 Å². The number of thiophene rings is 1. The van der Waals surface area contributed by atoms with Gasteiger partial charge in [0, 0.05) is 31.4 Å². The van der Waals surface area contributed by atoms with Crippen LogP contribution in [-0.4, -0.2) is 21.6 Å². The van der Waals surface area contributed by atoms with Gasteiger partial charge in [-0.15, -0.1) is 11.3 Å². The Kier molecular flexibility index (Phi) is 4.11. The molecule has 2 aliphatic rings. The molecule has 0 spiro atoms. The highest BCUT2D eigenvalue weighted by molar-refractivity contribution is 7.19. The molecule has 2 aliphatic carbocycles. The number of carbonyl (C=O) groups is 1. The van der Waals surface area contributed by atoms with E-state index < -0.39 is 11.8 Å². The molecule has 2 fully saturated rings. The van der Waals surface area contributed by atoms with Gasteiger partial charge in [0.05, 0.1) is 14.9 Å². The number of halogens is 3. The molecule has 2 aromatic heterocycles. The topological polar surface area (TPSA) is 46.9 Å². The maximum atomic E-state index is 13.0. The number of alkyl halides is 2. The molecule has 4 rings (SSSR count). The zero-order valence-electron chi connectivity index (χ0n) is 13.7. The number of nitrogens with one attached hydrogen (secondary N) is 1. The molecule has 0 aliphatic heterocycles. The minimum absolute atomic E-state index is 0.336. The summed E-state index contributed by atoms with van der Waals surface area (Å²) in [7, 11) is 1.83. The summed E-state index contributed by atoms with van der Waals surface area (Å²) in [5, 5.41) is 7.28. The Balaban J connectivity index is 1.65. The Morgan fingerprint density at radius 3 is 2.64 bits per heavy atom. The highest BCUT2D eigenvalue weighted by atomic mass is 35.5. The largest absolute Gasteiger partial charge is 0.309 e. The Labute approximate surface area is 153 Å². The summed E-state index contributed by atoms with van der Waals surface area (Å²) in [6.45, 7) is 0. The third kappa shape index (κ3) is 3.08. The summed E-state index contributed by atoms with van der Waals surface area (Å²) in [4.78, 5) is 13.3. The van der Waals surface area contributed by atoms with Crippen LogP contribution in [0.2, 0.25) is 4.34 Å². The first-order chi connectivity index (χ1) is 11.8. The van der Waals surface area contributed by atoms with Gasteiger partial charge >= 0.3 is 0 Å². The van der Waals surface area contributed by atoms with Crippen molar-refractivity contribution in [2.75, 3.05) is 5.32 Å². The average Bonchev–Trinajstić information content (AvgIpc) is 2.99. The van der Waals surface area contributed by atoms with Crippen molar-refractivity contribution >= 4 is 34.7 Å². The van der Waals surface area contributed by atoms with E-state index in [0.717, 1.165) is 35.4 Å². The van der Waals surface area contributed by atoms with Crippen molar-refractivity contribution in [2.24, 2.45) is 13.0 Å². The fraction of sp³-hybridized carbons (Fsp3) is 0.529. The SMILES string of the molecule is Cn1nc(NC(=O)C2CC(F)(F)C2)c(C2CCC2)c1-c1ccc(Cl)s1. The van der Waals surface area contributed by atoms with Crippen LogP contribution in [0.25, 0.3) is 10.6 Å². The van der Waals surface area contributed by atoms with Crippen LogP contribution in [0.3, 0.4) is 0 Å². The molecule has 8 heteroatoms. The van der Waals surface area contributed by atoms with E-state index in [1.807, 2.05) is 19.2 Å². The second-order valence-electron chi connectivity index (χ2n) is 6.92. The molecule has 0 unspecified atom stereocenters. The van der Waals surface area contributed by atoms with Crippen LogP contribution in [-0.2, 0) is 11.8 Å². The third-order valence-corrected chi connectivity index (χ3v) is 6.34. The van der Waals surface area contributed by atoms with Crippen LogP contribution in [0, 0.1) is 5.92 Å². The van der Waals surface area contributed by atoms with E-state index in [1.54, 1.807) is 4.68 Å². The number of carbonyl (C=O) groups excluding carboxylic acids is 1. The standard InChI is InChI=1S/C17H18ClF2N3OS/c1-23-14(11-5-6-12(18)25-11)13(9-3-2-4-9)15(22-23)21-16(24)10-7-17(19,20)8-10/h5-6,9-10H,2-4,7-8H2,1H3,(H,21,22,24). The number of aryl methyl sites for hydroxylation is 1. The number of aromatic nitrogens is 2. The minimum Gasteiger partial charge on any atom is -0.309 e. The number of amides is 1. The molecule has 1 amide bonds. The number of hydrogen-bond acceptors (Lipinski definition) is 3. The monoisotopic (exact) mass is 385 g/mol. The predicted molar refractivity (Wildman–Crippen MR) is 94.4 cm³/mol. The van der Waals surface area contributed by atoms with Crippen LogP contribution >= 0.6 is 22.9 Å². The van der Waals surface area contributed by atoms with Gasteiger partial charge in [0.2, 0.25) is 11.8 Å². The second kappa shape index (κ2) is 6.06. The maximum Gasteiger partial charge on any atom is 0.249 e. The van der Waals surface area contributed by atoms with Crippen molar-refractivity contribution in [1.29, 1.82) is 0 Å². The fourth-order valence-corrected chi connectivity index (χ4v) is 4.65. The molecular weight excluding hydrogens is 368 g/mol. The van der Waals surface area contributed by atoms with Crippen molar-refractivity contribution in [1.82, 2.24) is 9.78 Å². The van der Waals surface area contributed by atoms with Crippen LogP contribution in [0.4, 0.5) is 14.6 Å². The van der Waals surface area contributed by atoms with Crippen LogP contribution in [0.5, 0.6) is 0 Å². The Morgan fingerprint density at radius 1 is 1.40 bits per heavy atom. The van der Waals surface area contributed by atoms with Crippen LogP contribution < -0.4 is 5.32 Å². The Hall–Kier alpha value is -1.47. The molecule has 0 aromatic carbocycles. The summed E-state index contributed by atoms with van der Waals surface area (Å²) in [6, 6.07) is 3.79. The fourth-order valence-electron chi connectivity index (χ4n) is 3.52. The smallest absolute Gasteiger partial charge is 0.249 e. The summed E-state index contributed by atoms with van der Waals surface area (Å²) in [5.41, 5.74) is 1.96. The zero-order chi connectivity index (χ0) is 17.8. The third-order valence-electron chi connectivity index (χ3n) is 5.11. The Bertz CT molecular complexity index is 820. The van der Waals surface area contributed by atoms with Crippen LogP contribution in [0.1, 0.15) is 43.6 Å². The number of anilines is 1. The molecule has 134 valence electrons. The lowest BCUT2D eigenvalue weighted by Gasteiger charge is -2.33. The maximum absolute atomic E-state index is 13.0. The van der Waals surface area contributed by atoms with Crippen molar-refractivity contribution < 1.29 is 13.6 Å². The lowest BCUT2D eigenvalue weighted by Crippen LogP contribution is -2.42. The molecule has 1 N–H and O–H groups in total. The normalized spacial score (nSPS) is 20.2. The van der Waals surface area contributed by atoms with Crippen molar-refractivity contribution in [3.05, 3.63) is 22.0 Å². The van der Waals surface area contributed by atoms with Gasteiger partial charge in [0.1, 0.15) is 0 Å². The molecule has 25 heavy (non-hydrogen) atoms. The molecular formula is C17H18ClF2N3OS. The molecule has 4 nitrogen and oxygen atoms in total. The van der Waals surface area contributed by atoms with Gasteiger partial charge < -0.3 is 5.32 Å². The number of rotatable bonds is 4. The highest BCUT2D eigenvalue weighted by Crippen LogP contribution is 2.47. The van der Waals surface area contributed by atoms with E-state index in [-0.39, 0.29) is 18.7 Å². The van der Waals surface area contributed by atoms with E-state index in [4.69, 9.17) is 11.6 Å².